The SMILES string of the molecule is CC[C@@H](Br)C(=O)NCCC(=O)Nc1ccc(N(C)C)cc1. The van der Waals surface area contributed by atoms with Gasteiger partial charge in [-0.15, -0.1) is 0 Å². The Morgan fingerprint density at radius 3 is 2.38 bits per heavy atom. The highest BCUT2D eigenvalue weighted by atomic mass is 79.9. The zero-order chi connectivity index (χ0) is 15.8. The number of rotatable bonds is 7. The molecular formula is C15H22BrN3O2. The maximum atomic E-state index is 11.8. The monoisotopic (exact) mass is 355 g/mol. The van der Waals surface area contributed by atoms with E-state index in [0.717, 1.165) is 17.8 Å². The lowest BCUT2D eigenvalue weighted by Crippen LogP contribution is -2.33. The number of nitrogens with zero attached hydrogens (tertiary/aromatic N) is 1. The van der Waals surface area contributed by atoms with E-state index in [1.807, 2.05) is 50.2 Å². The van der Waals surface area contributed by atoms with Gasteiger partial charge >= 0.3 is 0 Å². The fourth-order valence-electron chi connectivity index (χ4n) is 1.66. The van der Waals surface area contributed by atoms with Gasteiger partial charge in [0.2, 0.25) is 11.8 Å². The molecule has 0 spiro atoms. The summed E-state index contributed by atoms with van der Waals surface area (Å²) >= 11 is 3.27. The topological polar surface area (TPSA) is 61.4 Å². The largest absolute Gasteiger partial charge is 0.378 e. The molecule has 0 unspecified atom stereocenters. The summed E-state index contributed by atoms with van der Waals surface area (Å²) in [5.74, 6) is -0.198. The Hall–Kier alpha value is -1.56. The Balaban J connectivity index is 2.35. The number of carbonyl (C=O) groups is 2. The lowest BCUT2D eigenvalue weighted by Gasteiger charge is -2.13. The molecule has 0 saturated carbocycles. The first-order valence-corrected chi connectivity index (χ1v) is 7.84. The van der Waals surface area contributed by atoms with Gasteiger partial charge in [-0.3, -0.25) is 9.59 Å². The van der Waals surface area contributed by atoms with E-state index in [2.05, 4.69) is 26.6 Å². The van der Waals surface area contributed by atoms with Crippen molar-refractivity contribution in [2.24, 2.45) is 0 Å². The van der Waals surface area contributed by atoms with Crippen LogP contribution in [0.25, 0.3) is 0 Å². The summed E-state index contributed by atoms with van der Waals surface area (Å²) in [7, 11) is 3.92. The van der Waals surface area contributed by atoms with E-state index in [1.165, 1.54) is 0 Å². The number of benzene rings is 1. The van der Waals surface area contributed by atoms with Crippen molar-refractivity contribution in [2.75, 3.05) is 30.9 Å². The standard InChI is InChI=1S/C15H22BrN3O2/c1-4-13(16)15(21)17-10-9-14(20)18-11-5-7-12(8-6-11)19(2)3/h5-8,13H,4,9-10H2,1-3H3,(H,17,21)(H,18,20)/t13-/m1/s1. The van der Waals surface area contributed by atoms with Crippen molar-refractivity contribution in [1.29, 1.82) is 0 Å². The Morgan fingerprint density at radius 2 is 1.86 bits per heavy atom. The van der Waals surface area contributed by atoms with Crippen LogP contribution in [0.3, 0.4) is 0 Å². The van der Waals surface area contributed by atoms with E-state index >= 15 is 0 Å². The summed E-state index contributed by atoms with van der Waals surface area (Å²) < 4.78 is 0. The molecule has 0 aromatic heterocycles. The molecule has 0 aliphatic carbocycles. The fourth-order valence-corrected chi connectivity index (χ4v) is 1.82. The number of halogens is 1. The number of nitrogens with one attached hydrogen (secondary N) is 2. The number of hydrogen-bond donors (Lipinski definition) is 2. The summed E-state index contributed by atoms with van der Waals surface area (Å²) in [5, 5.41) is 5.53. The molecule has 1 atom stereocenters. The van der Waals surface area contributed by atoms with Crippen LogP contribution >= 0.6 is 15.9 Å². The summed E-state index contributed by atoms with van der Waals surface area (Å²) in [6, 6.07) is 7.59. The van der Waals surface area contributed by atoms with Crippen LogP contribution in [-0.2, 0) is 9.59 Å². The molecule has 6 heteroatoms. The van der Waals surface area contributed by atoms with Gasteiger partial charge in [-0.2, -0.15) is 0 Å². The molecule has 1 rings (SSSR count). The minimum atomic E-state index is -0.195. The molecule has 0 aliphatic heterocycles. The predicted molar refractivity (Wildman–Crippen MR) is 90.0 cm³/mol. The van der Waals surface area contributed by atoms with Gasteiger partial charge in [-0.1, -0.05) is 22.9 Å². The first-order valence-electron chi connectivity index (χ1n) is 6.93. The van der Waals surface area contributed by atoms with Gasteiger partial charge in [0.25, 0.3) is 0 Å². The molecule has 2 N–H and O–H groups in total. The zero-order valence-electron chi connectivity index (χ0n) is 12.6. The van der Waals surface area contributed by atoms with Gasteiger partial charge in [-0.05, 0) is 30.7 Å². The molecule has 116 valence electrons. The maximum absolute atomic E-state index is 11.8. The van der Waals surface area contributed by atoms with Gasteiger partial charge in [-0.25, -0.2) is 0 Å². The lowest BCUT2D eigenvalue weighted by atomic mass is 10.2. The Bertz CT molecular complexity index is 474. The summed E-state index contributed by atoms with van der Waals surface area (Å²) in [6.45, 7) is 2.26. The Morgan fingerprint density at radius 1 is 1.24 bits per heavy atom. The maximum Gasteiger partial charge on any atom is 0.233 e. The number of hydrogen-bond acceptors (Lipinski definition) is 3. The quantitative estimate of drug-likeness (QED) is 0.738. The molecule has 1 aromatic rings. The molecule has 0 radical (unpaired) electrons. The molecule has 0 aliphatic rings. The highest BCUT2D eigenvalue weighted by molar-refractivity contribution is 9.10. The first-order chi connectivity index (χ1) is 9.93. The summed E-state index contributed by atoms with van der Waals surface area (Å²) in [4.78, 5) is 25.1. The van der Waals surface area contributed by atoms with Crippen LogP contribution in [0.15, 0.2) is 24.3 Å². The van der Waals surface area contributed by atoms with Crippen molar-refractivity contribution < 1.29 is 9.59 Å². The average Bonchev–Trinajstić information content (AvgIpc) is 2.46. The van der Waals surface area contributed by atoms with Crippen molar-refractivity contribution >= 4 is 39.1 Å². The zero-order valence-corrected chi connectivity index (χ0v) is 14.2. The van der Waals surface area contributed by atoms with Crippen LogP contribution < -0.4 is 15.5 Å². The third kappa shape index (κ3) is 6.16. The lowest BCUT2D eigenvalue weighted by molar-refractivity contribution is -0.120. The molecule has 0 heterocycles. The van der Waals surface area contributed by atoms with E-state index in [1.54, 1.807) is 0 Å². The van der Waals surface area contributed by atoms with Crippen molar-refractivity contribution in [2.45, 2.75) is 24.6 Å². The molecule has 0 saturated heterocycles. The van der Waals surface area contributed by atoms with Crippen molar-refractivity contribution in [3.05, 3.63) is 24.3 Å². The average molecular weight is 356 g/mol. The number of carbonyl (C=O) groups excluding carboxylic acids is 2. The summed E-state index contributed by atoms with van der Waals surface area (Å²) in [5.41, 5.74) is 1.83. The van der Waals surface area contributed by atoms with Gasteiger partial charge in [0, 0.05) is 38.4 Å². The normalized spacial score (nSPS) is 11.6. The van der Waals surface area contributed by atoms with Crippen LogP contribution in [-0.4, -0.2) is 37.3 Å². The molecule has 5 nitrogen and oxygen atoms in total. The van der Waals surface area contributed by atoms with E-state index in [4.69, 9.17) is 0 Å². The van der Waals surface area contributed by atoms with Crippen LogP contribution in [0.4, 0.5) is 11.4 Å². The van der Waals surface area contributed by atoms with Gasteiger partial charge in [0.05, 0.1) is 4.83 Å². The van der Waals surface area contributed by atoms with E-state index < -0.39 is 0 Å². The van der Waals surface area contributed by atoms with Crippen LogP contribution in [0.2, 0.25) is 0 Å². The van der Waals surface area contributed by atoms with Crippen molar-refractivity contribution in [3.8, 4) is 0 Å². The molecule has 0 fully saturated rings. The second kappa shape index (κ2) is 8.67. The van der Waals surface area contributed by atoms with Crippen molar-refractivity contribution in [3.63, 3.8) is 0 Å². The van der Waals surface area contributed by atoms with Crippen LogP contribution in [0, 0.1) is 0 Å². The summed E-state index contributed by atoms with van der Waals surface area (Å²) in [6.07, 6.45) is 0.973. The number of alkyl halides is 1. The molecule has 2 amide bonds. The van der Waals surface area contributed by atoms with Gasteiger partial charge in [0.1, 0.15) is 0 Å². The molecular weight excluding hydrogens is 334 g/mol. The van der Waals surface area contributed by atoms with E-state index in [0.29, 0.717) is 6.54 Å². The van der Waals surface area contributed by atoms with Crippen LogP contribution in [0.1, 0.15) is 19.8 Å². The molecule has 21 heavy (non-hydrogen) atoms. The smallest absolute Gasteiger partial charge is 0.233 e. The Labute approximate surface area is 134 Å². The van der Waals surface area contributed by atoms with E-state index in [9.17, 15) is 9.59 Å². The minimum Gasteiger partial charge on any atom is -0.378 e. The Kier molecular flexibility index (Phi) is 7.22. The number of anilines is 2. The first kappa shape index (κ1) is 17.5. The second-order valence-corrected chi connectivity index (χ2v) is 6.01. The van der Waals surface area contributed by atoms with Gasteiger partial charge < -0.3 is 15.5 Å². The minimum absolute atomic E-state index is 0.0827. The van der Waals surface area contributed by atoms with Crippen molar-refractivity contribution in [1.82, 2.24) is 5.32 Å². The number of amides is 2. The third-order valence-corrected chi connectivity index (χ3v) is 4.02. The molecule has 0 bridgehead atoms. The van der Waals surface area contributed by atoms with Gasteiger partial charge in [0.15, 0.2) is 0 Å². The highest BCUT2D eigenvalue weighted by Gasteiger charge is 2.12. The second-order valence-electron chi connectivity index (χ2n) is 4.91. The van der Waals surface area contributed by atoms with Crippen LogP contribution in [0.5, 0.6) is 0 Å². The highest BCUT2D eigenvalue weighted by Crippen LogP contribution is 2.15. The fraction of sp³-hybridized carbons (Fsp3) is 0.467. The third-order valence-electron chi connectivity index (χ3n) is 2.96. The van der Waals surface area contributed by atoms with E-state index in [-0.39, 0.29) is 23.1 Å². The molecule has 1 aromatic carbocycles. The predicted octanol–water partition coefficient (Wildman–Crippen LogP) is 2.37.